The molecule has 1 atom stereocenters. The zero-order valence-corrected chi connectivity index (χ0v) is 20.7. The lowest BCUT2D eigenvalue weighted by molar-refractivity contribution is -0.116. The van der Waals surface area contributed by atoms with Gasteiger partial charge >= 0.3 is 0 Å². The fourth-order valence-corrected chi connectivity index (χ4v) is 5.41. The second-order valence-corrected chi connectivity index (χ2v) is 9.82. The minimum Gasteiger partial charge on any atom is -0.493 e. The molecule has 0 spiro atoms. The Hall–Kier alpha value is -4.17. The van der Waals surface area contributed by atoms with Crippen molar-refractivity contribution < 1.29 is 14.3 Å². The van der Waals surface area contributed by atoms with Gasteiger partial charge in [-0.25, -0.2) is 4.98 Å². The Morgan fingerprint density at radius 2 is 1.92 bits per heavy atom. The number of carbonyl (C=O) groups excluding carboxylic acids is 1. The summed E-state index contributed by atoms with van der Waals surface area (Å²) in [6.45, 7) is 2.51. The van der Waals surface area contributed by atoms with Crippen molar-refractivity contribution in [3.63, 3.8) is 0 Å². The van der Waals surface area contributed by atoms with Crippen LogP contribution in [-0.4, -0.2) is 27.8 Å². The third-order valence-corrected chi connectivity index (χ3v) is 7.40. The van der Waals surface area contributed by atoms with Gasteiger partial charge < -0.3 is 14.8 Å². The van der Waals surface area contributed by atoms with Gasteiger partial charge in [0.05, 0.1) is 23.5 Å². The molecule has 1 aliphatic heterocycles. The highest BCUT2D eigenvalue weighted by molar-refractivity contribution is 7.20. The van der Waals surface area contributed by atoms with E-state index >= 15 is 0 Å². The molecular weight excluding hydrogens is 472 g/mol. The van der Waals surface area contributed by atoms with Gasteiger partial charge in [0.2, 0.25) is 11.0 Å². The summed E-state index contributed by atoms with van der Waals surface area (Å²) in [4.78, 5) is 17.4. The van der Waals surface area contributed by atoms with Crippen LogP contribution in [0.1, 0.15) is 34.6 Å². The van der Waals surface area contributed by atoms with E-state index in [1.165, 1.54) is 16.9 Å². The molecule has 7 nitrogen and oxygen atoms in total. The number of nitrogens with zero attached hydrogens (tertiary/aromatic N) is 3. The van der Waals surface area contributed by atoms with E-state index in [9.17, 15) is 4.79 Å². The third-order valence-electron chi connectivity index (χ3n) is 6.39. The number of methoxy groups -OCH3 is 1. The van der Waals surface area contributed by atoms with Gasteiger partial charge in [0.1, 0.15) is 12.4 Å². The number of anilines is 1. The van der Waals surface area contributed by atoms with Crippen LogP contribution < -0.4 is 14.8 Å². The van der Waals surface area contributed by atoms with Gasteiger partial charge in [-0.3, -0.25) is 4.79 Å². The number of fused-ring (bicyclic) bond motifs is 2. The fourth-order valence-electron chi connectivity index (χ4n) is 4.48. The van der Waals surface area contributed by atoms with Crippen LogP contribution in [0.4, 0.5) is 5.82 Å². The summed E-state index contributed by atoms with van der Waals surface area (Å²) in [5.74, 6) is 1.73. The molecular formula is C28H24N4O3S. The largest absolute Gasteiger partial charge is 0.493 e. The van der Waals surface area contributed by atoms with Gasteiger partial charge in [-0.2, -0.15) is 9.78 Å². The number of hydrogen-bond donors (Lipinski definition) is 1. The van der Waals surface area contributed by atoms with Gasteiger partial charge in [-0.15, -0.1) is 0 Å². The maximum Gasteiger partial charge on any atom is 0.226 e. The van der Waals surface area contributed by atoms with E-state index in [2.05, 4.69) is 41.6 Å². The number of ether oxygens (including phenoxy) is 2. The maximum absolute atomic E-state index is 12.7. The summed E-state index contributed by atoms with van der Waals surface area (Å²) in [6, 6.07) is 22.1. The predicted octanol–water partition coefficient (Wildman–Crippen LogP) is 5.85. The van der Waals surface area contributed by atoms with Crippen molar-refractivity contribution in [3.05, 3.63) is 95.2 Å². The first kappa shape index (κ1) is 22.3. The van der Waals surface area contributed by atoms with E-state index in [4.69, 9.17) is 14.5 Å². The maximum atomic E-state index is 12.7. The van der Waals surface area contributed by atoms with Crippen molar-refractivity contribution in [2.24, 2.45) is 0 Å². The summed E-state index contributed by atoms with van der Waals surface area (Å²) in [5.41, 5.74) is 5.12. The van der Waals surface area contributed by atoms with Crippen LogP contribution in [0.2, 0.25) is 0 Å². The second kappa shape index (κ2) is 9.13. The number of para-hydroxylation sites is 1. The normalized spacial score (nSPS) is 14.9. The highest BCUT2D eigenvalue weighted by Crippen LogP contribution is 2.41. The Morgan fingerprint density at radius 3 is 2.72 bits per heavy atom. The molecule has 0 radical (unpaired) electrons. The smallest absolute Gasteiger partial charge is 0.226 e. The van der Waals surface area contributed by atoms with Gasteiger partial charge in [0, 0.05) is 17.9 Å². The number of rotatable bonds is 6. The van der Waals surface area contributed by atoms with E-state index in [0.717, 1.165) is 32.0 Å². The van der Waals surface area contributed by atoms with Crippen LogP contribution >= 0.6 is 11.3 Å². The number of amides is 1. The van der Waals surface area contributed by atoms with Gasteiger partial charge in [0.25, 0.3) is 0 Å². The van der Waals surface area contributed by atoms with Crippen molar-refractivity contribution in [1.82, 2.24) is 14.8 Å². The molecule has 0 saturated carbocycles. The molecule has 1 N–H and O–H groups in total. The topological polar surface area (TPSA) is 78.3 Å². The Kier molecular flexibility index (Phi) is 5.65. The molecule has 0 aliphatic carbocycles. The molecule has 0 fully saturated rings. The molecule has 5 aromatic rings. The lowest BCUT2D eigenvalue weighted by Crippen LogP contribution is -2.24. The van der Waals surface area contributed by atoms with Crippen molar-refractivity contribution >= 4 is 33.3 Å². The number of carbonyl (C=O) groups is 1. The standard InChI is InChI=1S/C28H24N4O3S/c1-17-7-9-18(10-8-17)16-35-23-12-11-19(13-24(23)34-2)20-14-26(33)31-27-21(20)15-29-32(27)28-30-22-5-3-4-6-25(22)36-28/h3-13,15,20H,14,16H2,1-2H3,(H,31,33)/t20-/m1/s1. The monoisotopic (exact) mass is 496 g/mol. The van der Waals surface area contributed by atoms with Crippen LogP contribution in [0.15, 0.2) is 72.9 Å². The van der Waals surface area contributed by atoms with E-state index in [1.54, 1.807) is 11.8 Å². The third kappa shape index (κ3) is 4.09. The number of aryl methyl sites for hydroxylation is 1. The van der Waals surface area contributed by atoms with Crippen molar-refractivity contribution in [1.29, 1.82) is 0 Å². The molecule has 1 amide bonds. The molecule has 36 heavy (non-hydrogen) atoms. The summed E-state index contributed by atoms with van der Waals surface area (Å²) in [6.07, 6.45) is 2.14. The summed E-state index contributed by atoms with van der Waals surface area (Å²) < 4.78 is 14.5. The first-order valence-corrected chi connectivity index (χ1v) is 12.5. The fraction of sp³-hybridized carbons (Fsp3) is 0.179. The zero-order valence-electron chi connectivity index (χ0n) is 19.9. The lowest BCUT2D eigenvalue weighted by Gasteiger charge is -2.24. The van der Waals surface area contributed by atoms with Gasteiger partial charge in [-0.1, -0.05) is 59.4 Å². The number of aromatic nitrogens is 3. The van der Waals surface area contributed by atoms with Crippen LogP contribution in [-0.2, 0) is 11.4 Å². The zero-order chi connectivity index (χ0) is 24.6. The highest BCUT2D eigenvalue weighted by Gasteiger charge is 2.31. The Bertz CT molecular complexity index is 1540. The van der Waals surface area contributed by atoms with Crippen molar-refractivity contribution in [2.45, 2.75) is 25.9 Å². The van der Waals surface area contributed by atoms with Crippen LogP contribution in [0.25, 0.3) is 15.3 Å². The lowest BCUT2D eigenvalue weighted by atomic mass is 9.87. The van der Waals surface area contributed by atoms with E-state index in [1.807, 2.05) is 48.7 Å². The number of benzene rings is 3. The van der Waals surface area contributed by atoms with Crippen LogP contribution in [0, 0.1) is 6.92 Å². The van der Waals surface area contributed by atoms with E-state index in [0.29, 0.717) is 30.3 Å². The average Bonchev–Trinajstić information content (AvgIpc) is 3.52. The summed E-state index contributed by atoms with van der Waals surface area (Å²) in [7, 11) is 1.63. The van der Waals surface area contributed by atoms with E-state index in [-0.39, 0.29) is 11.8 Å². The van der Waals surface area contributed by atoms with Crippen LogP contribution in [0.5, 0.6) is 11.5 Å². The quantitative estimate of drug-likeness (QED) is 0.319. The Morgan fingerprint density at radius 1 is 1.08 bits per heavy atom. The molecule has 1 aliphatic rings. The minimum atomic E-state index is -0.156. The minimum absolute atomic E-state index is 0.0611. The van der Waals surface area contributed by atoms with Crippen LogP contribution in [0.3, 0.4) is 0 Å². The molecule has 3 aromatic carbocycles. The summed E-state index contributed by atoms with van der Waals surface area (Å²) in [5, 5.41) is 8.32. The molecule has 0 bridgehead atoms. The Balaban J connectivity index is 1.30. The number of thiazole rings is 1. The SMILES string of the molecule is COc1cc([C@H]2CC(=O)Nc3c2cnn3-c2nc3ccccc3s2)ccc1OCc1ccc(C)cc1. The second-order valence-electron chi connectivity index (χ2n) is 8.81. The molecule has 2 aromatic heterocycles. The average molecular weight is 497 g/mol. The van der Waals surface area contributed by atoms with Crippen molar-refractivity contribution in [3.8, 4) is 16.6 Å². The highest BCUT2D eigenvalue weighted by atomic mass is 32.1. The first-order chi connectivity index (χ1) is 17.6. The van der Waals surface area contributed by atoms with Crippen molar-refractivity contribution in [2.75, 3.05) is 12.4 Å². The predicted molar refractivity (Wildman–Crippen MR) is 140 cm³/mol. The van der Waals surface area contributed by atoms with Gasteiger partial charge in [-0.05, 0) is 42.3 Å². The summed E-state index contributed by atoms with van der Waals surface area (Å²) >= 11 is 1.54. The first-order valence-electron chi connectivity index (χ1n) is 11.7. The molecule has 6 rings (SSSR count). The van der Waals surface area contributed by atoms with E-state index < -0.39 is 0 Å². The molecule has 0 saturated heterocycles. The van der Waals surface area contributed by atoms with Gasteiger partial charge in [0.15, 0.2) is 11.5 Å². The number of nitrogens with one attached hydrogen (secondary N) is 1. The molecule has 3 heterocycles. The Labute approximate surface area is 212 Å². The molecule has 8 heteroatoms. The molecule has 0 unspecified atom stereocenters. The number of hydrogen-bond acceptors (Lipinski definition) is 6. The molecule has 180 valence electrons.